The number of amides is 1. The highest BCUT2D eigenvalue weighted by Gasteiger charge is 2.24. The van der Waals surface area contributed by atoms with E-state index in [1.165, 1.54) is 11.1 Å². The van der Waals surface area contributed by atoms with Gasteiger partial charge in [0.1, 0.15) is 0 Å². The van der Waals surface area contributed by atoms with Crippen LogP contribution in [0.5, 0.6) is 11.5 Å². The number of aryl methyl sites for hydroxylation is 1. The van der Waals surface area contributed by atoms with Crippen molar-refractivity contribution in [3.05, 3.63) is 59.2 Å². The van der Waals surface area contributed by atoms with Crippen LogP contribution in [-0.2, 0) is 17.8 Å². The molecule has 4 heteroatoms. The van der Waals surface area contributed by atoms with E-state index in [9.17, 15) is 4.79 Å². The molecule has 0 saturated heterocycles. The number of hydrogen-bond acceptors (Lipinski definition) is 3. The van der Waals surface area contributed by atoms with Gasteiger partial charge in [0.25, 0.3) is 0 Å². The van der Waals surface area contributed by atoms with Crippen molar-refractivity contribution in [3.8, 4) is 11.5 Å². The van der Waals surface area contributed by atoms with Crippen LogP contribution in [0.3, 0.4) is 0 Å². The van der Waals surface area contributed by atoms with Gasteiger partial charge in [-0.05, 0) is 47.6 Å². The Bertz CT molecular complexity index is 741. The molecule has 1 aliphatic carbocycles. The average molecular weight is 309 g/mol. The van der Waals surface area contributed by atoms with Crippen molar-refractivity contribution in [1.29, 1.82) is 0 Å². The van der Waals surface area contributed by atoms with Crippen LogP contribution in [-0.4, -0.2) is 12.7 Å². The van der Waals surface area contributed by atoms with Crippen LogP contribution in [0.1, 0.15) is 35.4 Å². The maximum atomic E-state index is 12.2. The first-order valence-corrected chi connectivity index (χ1v) is 8.02. The summed E-state index contributed by atoms with van der Waals surface area (Å²) < 4.78 is 10.6. The van der Waals surface area contributed by atoms with Crippen LogP contribution in [0, 0.1) is 0 Å². The minimum absolute atomic E-state index is 0.101. The summed E-state index contributed by atoms with van der Waals surface area (Å²) in [4.78, 5) is 12.2. The largest absolute Gasteiger partial charge is 0.454 e. The van der Waals surface area contributed by atoms with Crippen LogP contribution in [0.2, 0.25) is 0 Å². The zero-order chi connectivity index (χ0) is 15.6. The Kier molecular flexibility index (Phi) is 3.66. The normalized spacial score (nSPS) is 17.8. The number of hydrogen-bond donors (Lipinski definition) is 1. The molecule has 0 radical (unpaired) electrons. The molecule has 0 bridgehead atoms. The molecule has 2 aliphatic rings. The van der Waals surface area contributed by atoms with Gasteiger partial charge >= 0.3 is 0 Å². The summed E-state index contributed by atoms with van der Waals surface area (Å²) in [6.07, 6.45) is 2.70. The molecular weight excluding hydrogens is 290 g/mol. The molecule has 2 aromatic rings. The first-order chi connectivity index (χ1) is 11.3. The number of carbonyl (C=O) groups excluding carboxylic acids is 1. The van der Waals surface area contributed by atoms with Gasteiger partial charge in [0, 0.05) is 13.0 Å². The van der Waals surface area contributed by atoms with Gasteiger partial charge in [-0.2, -0.15) is 0 Å². The van der Waals surface area contributed by atoms with E-state index in [-0.39, 0.29) is 12.7 Å². The summed E-state index contributed by atoms with van der Waals surface area (Å²) in [5, 5.41) is 3.01. The number of benzene rings is 2. The van der Waals surface area contributed by atoms with Crippen molar-refractivity contribution < 1.29 is 14.3 Å². The fourth-order valence-electron chi connectivity index (χ4n) is 3.40. The predicted octanol–water partition coefficient (Wildman–Crippen LogP) is 3.15. The van der Waals surface area contributed by atoms with E-state index >= 15 is 0 Å². The van der Waals surface area contributed by atoms with E-state index in [4.69, 9.17) is 9.47 Å². The van der Waals surface area contributed by atoms with Gasteiger partial charge in [-0.25, -0.2) is 0 Å². The Morgan fingerprint density at radius 1 is 1.13 bits per heavy atom. The summed E-state index contributed by atoms with van der Waals surface area (Å²) in [7, 11) is 0. The zero-order valence-corrected chi connectivity index (χ0v) is 12.9. The molecule has 1 atom stereocenters. The third kappa shape index (κ3) is 2.89. The minimum Gasteiger partial charge on any atom is -0.454 e. The lowest BCUT2D eigenvalue weighted by atomic mass is 9.97. The number of fused-ring (bicyclic) bond motifs is 2. The van der Waals surface area contributed by atoms with Crippen LogP contribution < -0.4 is 14.8 Å². The number of ether oxygens (including phenoxy) is 2. The molecule has 1 amide bonds. The lowest BCUT2D eigenvalue weighted by Gasteiger charge is -2.12. The summed E-state index contributed by atoms with van der Waals surface area (Å²) in [6, 6.07) is 14.2. The molecule has 2 aromatic carbocycles. The van der Waals surface area contributed by atoms with Crippen molar-refractivity contribution in [2.75, 3.05) is 6.79 Å². The number of carbonyl (C=O) groups is 1. The quantitative estimate of drug-likeness (QED) is 0.944. The SMILES string of the molecule is O=C(C[C@@H]1CCc2ccccc21)NCc1ccc2c(c1)OCO2. The topological polar surface area (TPSA) is 47.6 Å². The molecule has 4 nitrogen and oxygen atoms in total. The van der Waals surface area contributed by atoms with Gasteiger partial charge in [-0.3, -0.25) is 4.79 Å². The Morgan fingerprint density at radius 2 is 2.00 bits per heavy atom. The smallest absolute Gasteiger partial charge is 0.231 e. The molecule has 0 saturated carbocycles. The van der Waals surface area contributed by atoms with E-state index in [1.54, 1.807) is 0 Å². The summed E-state index contributed by atoms with van der Waals surface area (Å²) in [5.41, 5.74) is 3.75. The van der Waals surface area contributed by atoms with Crippen LogP contribution >= 0.6 is 0 Å². The maximum absolute atomic E-state index is 12.2. The molecule has 0 aromatic heterocycles. The van der Waals surface area contributed by atoms with Gasteiger partial charge in [-0.15, -0.1) is 0 Å². The summed E-state index contributed by atoms with van der Waals surface area (Å²) in [6.45, 7) is 0.788. The Balaban J connectivity index is 1.34. The maximum Gasteiger partial charge on any atom is 0.231 e. The van der Waals surface area contributed by atoms with E-state index in [1.807, 2.05) is 18.2 Å². The molecule has 0 unspecified atom stereocenters. The van der Waals surface area contributed by atoms with Gasteiger partial charge in [-0.1, -0.05) is 30.3 Å². The number of nitrogens with one attached hydrogen (secondary N) is 1. The molecule has 1 N–H and O–H groups in total. The van der Waals surface area contributed by atoms with Crippen molar-refractivity contribution in [1.82, 2.24) is 5.32 Å². The lowest BCUT2D eigenvalue weighted by molar-refractivity contribution is -0.121. The lowest BCUT2D eigenvalue weighted by Crippen LogP contribution is -2.24. The Labute approximate surface area is 135 Å². The highest BCUT2D eigenvalue weighted by Crippen LogP contribution is 2.35. The molecule has 0 spiro atoms. The van der Waals surface area contributed by atoms with Crippen LogP contribution in [0.25, 0.3) is 0 Å². The zero-order valence-electron chi connectivity index (χ0n) is 12.9. The van der Waals surface area contributed by atoms with Crippen LogP contribution in [0.15, 0.2) is 42.5 Å². The predicted molar refractivity (Wildman–Crippen MR) is 86.5 cm³/mol. The first kappa shape index (κ1) is 14.1. The molecule has 1 aliphatic heterocycles. The molecule has 4 rings (SSSR count). The van der Waals surface area contributed by atoms with Gasteiger partial charge in [0.05, 0.1) is 0 Å². The van der Waals surface area contributed by atoms with Crippen molar-refractivity contribution in [2.45, 2.75) is 31.7 Å². The monoisotopic (exact) mass is 309 g/mol. The molecule has 23 heavy (non-hydrogen) atoms. The third-order valence-electron chi connectivity index (χ3n) is 4.62. The highest BCUT2D eigenvalue weighted by atomic mass is 16.7. The summed E-state index contributed by atoms with van der Waals surface area (Å²) in [5.74, 6) is 1.97. The summed E-state index contributed by atoms with van der Waals surface area (Å²) >= 11 is 0. The van der Waals surface area contributed by atoms with E-state index in [0.717, 1.165) is 29.9 Å². The van der Waals surface area contributed by atoms with Crippen molar-refractivity contribution >= 4 is 5.91 Å². The fraction of sp³-hybridized carbons (Fsp3) is 0.316. The van der Waals surface area contributed by atoms with E-state index < -0.39 is 0 Å². The first-order valence-electron chi connectivity index (χ1n) is 8.02. The second kappa shape index (κ2) is 5.95. The van der Waals surface area contributed by atoms with E-state index in [0.29, 0.717) is 18.9 Å². The Morgan fingerprint density at radius 3 is 2.96 bits per heavy atom. The molecule has 0 fully saturated rings. The number of rotatable bonds is 4. The standard InChI is InChI=1S/C19H19NO3/c21-19(10-15-7-6-14-3-1-2-4-16(14)15)20-11-13-5-8-17-18(9-13)23-12-22-17/h1-5,8-9,15H,6-7,10-12H2,(H,20,21)/t15-/m0/s1. The average Bonchev–Trinajstić information content (AvgIpc) is 3.20. The second-order valence-corrected chi connectivity index (χ2v) is 6.10. The van der Waals surface area contributed by atoms with Crippen LogP contribution in [0.4, 0.5) is 0 Å². The van der Waals surface area contributed by atoms with Gasteiger partial charge in [0.2, 0.25) is 12.7 Å². The van der Waals surface area contributed by atoms with Gasteiger partial charge in [0.15, 0.2) is 11.5 Å². The minimum atomic E-state index is 0.101. The van der Waals surface area contributed by atoms with E-state index in [2.05, 4.69) is 29.6 Å². The van der Waals surface area contributed by atoms with Gasteiger partial charge < -0.3 is 14.8 Å². The molecular formula is C19H19NO3. The van der Waals surface area contributed by atoms with Crippen molar-refractivity contribution in [2.24, 2.45) is 0 Å². The van der Waals surface area contributed by atoms with Crippen molar-refractivity contribution in [3.63, 3.8) is 0 Å². The molecule has 1 heterocycles. The molecule has 118 valence electrons. The third-order valence-corrected chi connectivity index (χ3v) is 4.62. The highest BCUT2D eigenvalue weighted by molar-refractivity contribution is 5.77. The second-order valence-electron chi connectivity index (χ2n) is 6.10. The Hall–Kier alpha value is -2.49. The fourth-order valence-corrected chi connectivity index (χ4v) is 3.40.